The second-order valence-corrected chi connectivity index (χ2v) is 3.95. The summed E-state index contributed by atoms with van der Waals surface area (Å²) in [6.07, 6.45) is 3.95. The van der Waals surface area contributed by atoms with E-state index < -0.39 is 0 Å². The Kier molecular flexibility index (Phi) is 4.39. The summed E-state index contributed by atoms with van der Waals surface area (Å²) < 4.78 is 10.5. The highest BCUT2D eigenvalue weighted by atomic mass is 16.7. The summed E-state index contributed by atoms with van der Waals surface area (Å²) >= 11 is 0. The maximum Gasteiger partial charge on any atom is 0.313 e. The molecule has 1 aliphatic heterocycles. The molecule has 0 aromatic heterocycles. The molecule has 3 heteroatoms. The number of rotatable bonds is 4. The van der Waals surface area contributed by atoms with Crippen molar-refractivity contribution in [2.45, 2.75) is 58.8 Å². The van der Waals surface area contributed by atoms with E-state index in [0.717, 1.165) is 12.8 Å². The molecule has 0 amide bonds. The Hall–Kier alpha value is -0.570. The number of cyclic esters (lactones) is 1. The zero-order valence-corrected chi connectivity index (χ0v) is 9.29. The van der Waals surface area contributed by atoms with Crippen molar-refractivity contribution in [2.75, 3.05) is 0 Å². The minimum absolute atomic E-state index is 0.00288. The van der Waals surface area contributed by atoms with Crippen LogP contribution in [0.4, 0.5) is 0 Å². The summed E-state index contributed by atoms with van der Waals surface area (Å²) in [5, 5.41) is 0. The van der Waals surface area contributed by atoms with Crippen LogP contribution in [-0.4, -0.2) is 18.4 Å². The molecular weight excluding hydrogens is 180 g/mol. The molecular formula is C11H20O3. The lowest BCUT2D eigenvalue weighted by Gasteiger charge is -2.31. The van der Waals surface area contributed by atoms with Crippen molar-refractivity contribution in [1.29, 1.82) is 0 Å². The smallest absolute Gasteiger partial charge is 0.313 e. The molecule has 0 spiro atoms. The molecule has 14 heavy (non-hydrogen) atoms. The van der Waals surface area contributed by atoms with E-state index in [0.29, 0.717) is 0 Å². The van der Waals surface area contributed by atoms with Crippen molar-refractivity contribution in [3.63, 3.8) is 0 Å². The first kappa shape index (κ1) is 11.5. The summed E-state index contributed by atoms with van der Waals surface area (Å²) in [5.41, 5.74) is 0. The maximum atomic E-state index is 11.5. The number of carbonyl (C=O) groups is 1. The van der Waals surface area contributed by atoms with Gasteiger partial charge in [0, 0.05) is 0 Å². The lowest BCUT2D eigenvalue weighted by molar-refractivity contribution is -0.222. The average Bonchev–Trinajstić information content (AvgIpc) is 2.09. The first-order chi connectivity index (χ1) is 6.65. The van der Waals surface area contributed by atoms with Crippen molar-refractivity contribution in [1.82, 2.24) is 0 Å². The van der Waals surface area contributed by atoms with E-state index in [2.05, 4.69) is 6.92 Å². The standard InChI is InChI=1S/C11H20O3/c1-4-5-6-7-10-8(2)13-9(3)14-11(10)12/h8-10H,4-7H2,1-3H3/t8-,9-,10-/m0/s1. The molecule has 1 saturated heterocycles. The van der Waals surface area contributed by atoms with Crippen LogP contribution in [0.2, 0.25) is 0 Å². The van der Waals surface area contributed by atoms with Gasteiger partial charge in [-0.15, -0.1) is 0 Å². The average molecular weight is 200 g/mol. The lowest BCUT2D eigenvalue weighted by Crippen LogP contribution is -2.40. The van der Waals surface area contributed by atoms with Crippen LogP contribution < -0.4 is 0 Å². The van der Waals surface area contributed by atoms with Gasteiger partial charge in [0.2, 0.25) is 0 Å². The molecule has 0 radical (unpaired) electrons. The Morgan fingerprint density at radius 3 is 2.57 bits per heavy atom. The Bertz CT molecular complexity index is 191. The molecule has 82 valence electrons. The second-order valence-electron chi connectivity index (χ2n) is 3.95. The van der Waals surface area contributed by atoms with Crippen LogP contribution >= 0.6 is 0 Å². The predicted octanol–water partition coefficient (Wildman–Crippen LogP) is 2.49. The van der Waals surface area contributed by atoms with E-state index in [1.807, 2.05) is 6.92 Å². The number of hydrogen-bond donors (Lipinski definition) is 0. The molecule has 0 N–H and O–H groups in total. The van der Waals surface area contributed by atoms with Gasteiger partial charge >= 0.3 is 5.97 Å². The van der Waals surface area contributed by atoms with Gasteiger partial charge in [-0.3, -0.25) is 4.79 Å². The second kappa shape index (κ2) is 5.35. The normalized spacial score (nSPS) is 32.8. The molecule has 0 aromatic carbocycles. The van der Waals surface area contributed by atoms with Crippen LogP contribution in [0.25, 0.3) is 0 Å². The number of ether oxygens (including phenoxy) is 2. The van der Waals surface area contributed by atoms with E-state index in [-0.39, 0.29) is 24.3 Å². The van der Waals surface area contributed by atoms with Gasteiger partial charge in [-0.05, 0) is 20.3 Å². The molecule has 1 heterocycles. The summed E-state index contributed by atoms with van der Waals surface area (Å²) in [6.45, 7) is 5.87. The van der Waals surface area contributed by atoms with Crippen LogP contribution in [0.3, 0.4) is 0 Å². The zero-order chi connectivity index (χ0) is 10.6. The van der Waals surface area contributed by atoms with Crippen molar-refractivity contribution in [2.24, 2.45) is 5.92 Å². The van der Waals surface area contributed by atoms with Gasteiger partial charge in [0.05, 0.1) is 12.0 Å². The van der Waals surface area contributed by atoms with Gasteiger partial charge in [-0.25, -0.2) is 0 Å². The fraction of sp³-hybridized carbons (Fsp3) is 0.909. The largest absolute Gasteiger partial charge is 0.436 e. The van der Waals surface area contributed by atoms with Crippen LogP contribution in [-0.2, 0) is 14.3 Å². The molecule has 1 aliphatic rings. The quantitative estimate of drug-likeness (QED) is 0.516. The molecule has 0 unspecified atom stereocenters. The monoisotopic (exact) mass is 200 g/mol. The van der Waals surface area contributed by atoms with E-state index in [1.165, 1.54) is 12.8 Å². The first-order valence-corrected chi connectivity index (χ1v) is 5.51. The first-order valence-electron chi connectivity index (χ1n) is 5.51. The van der Waals surface area contributed by atoms with Gasteiger partial charge in [-0.1, -0.05) is 26.2 Å². The minimum Gasteiger partial charge on any atom is -0.436 e. The van der Waals surface area contributed by atoms with Crippen molar-refractivity contribution in [3.8, 4) is 0 Å². The third-order valence-electron chi connectivity index (χ3n) is 2.68. The zero-order valence-electron chi connectivity index (χ0n) is 9.29. The summed E-state index contributed by atoms with van der Waals surface area (Å²) in [4.78, 5) is 11.5. The number of unbranched alkanes of at least 4 members (excludes halogenated alkanes) is 2. The van der Waals surface area contributed by atoms with Crippen molar-refractivity contribution < 1.29 is 14.3 Å². The fourth-order valence-electron chi connectivity index (χ4n) is 1.83. The third kappa shape index (κ3) is 2.98. The number of carbonyl (C=O) groups excluding carboxylic acids is 1. The SMILES string of the molecule is CCCCC[C@@H]1C(=O)O[C@@H](C)O[C@H]1C. The molecule has 0 aromatic rings. The molecule has 0 bridgehead atoms. The van der Waals surface area contributed by atoms with E-state index in [1.54, 1.807) is 6.92 Å². The summed E-state index contributed by atoms with van der Waals surface area (Å²) in [7, 11) is 0. The molecule has 3 nitrogen and oxygen atoms in total. The Labute approximate surface area is 85.8 Å². The Morgan fingerprint density at radius 2 is 2.00 bits per heavy atom. The predicted molar refractivity (Wildman–Crippen MR) is 53.7 cm³/mol. The van der Waals surface area contributed by atoms with E-state index in [4.69, 9.17) is 9.47 Å². The Morgan fingerprint density at radius 1 is 1.29 bits per heavy atom. The molecule has 3 atom stereocenters. The maximum absolute atomic E-state index is 11.5. The number of esters is 1. The highest BCUT2D eigenvalue weighted by molar-refractivity contribution is 5.73. The van der Waals surface area contributed by atoms with E-state index >= 15 is 0 Å². The number of hydrogen-bond acceptors (Lipinski definition) is 3. The van der Waals surface area contributed by atoms with Gasteiger partial charge in [0.25, 0.3) is 0 Å². The fourth-order valence-corrected chi connectivity index (χ4v) is 1.83. The summed E-state index contributed by atoms with van der Waals surface area (Å²) in [6, 6.07) is 0. The van der Waals surface area contributed by atoms with Crippen molar-refractivity contribution >= 4 is 5.97 Å². The molecule has 0 aliphatic carbocycles. The molecule has 0 saturated carbocycles. The van der Waals surface area contributed by atoms with Gasteiger partial charge < -0.3 is 9.47 Å². The van der Waals surface area contributed by atoms with Crippen LogP contribution in [0.15, 0.2) is 0 Å². The topological polar surface area (TPSA) is 35.5 Å². The highest BCUT2D eigenvalue weighted by Crippen LogP contribution is 2.24. The molecule has 1 fully saturated rings. The van der Waals surface area contributed by atoms with E-state index in [9.17, 15) is 4.79 Å². The lowest BCUT2D eigenvalue weighted by atomic mass is 9.95. The van der Waals surface area contributed by atoms with Crippen LogP contribution in [0, 0.1) is 5.92 Å². The van der Waals surface area contributed by atoms with Gasteiger partial charge in [0.1, 0.15) is 0 Å². The van der Waals surface area contributed by atoms with Gasteiger partial charge in [0.15, 0.2) is 6.29 Å². The van der Waals surface area contributed by atoms with Crippen molar-refractivity contribution in [3.05, 3.63) is 0 Å². The van der Waals surface area contributed by atoms with Crippen LogP contribution in [0.1, 0.15) is 46.5 Å². The third-order valence-corrected chi connectivity index (χ3v) is 2.68. The Balaban J connectivity index is 2.38. The summed E-state index contributed by atoms with van der Waals surface area (Å²) in [5.74, 6) is -0.148. The minimum atomic E-state index is -0.375. The van der Waals surface area contributed by atoms with Gasteiger partial charge in [-0.2, -0.15) is 0 Å². The highest BCUT2D eigenvalue weighted by Gasteiger charge is 2.34. The molecule has 1 rings (SSSR count). The van der Waals surface area contributed by atoms with Crippen LogP contribution in [0.5, 0.6) is 0 Å².